The predicted molar refractivity (Wildman–Crippen MR) is 83.3 cm³/mol. The van der Waals surface area contributed by atoms with E-state index in [9.17, 15) is 12.8 Å². The van der Waals surface area contributed by atoms with Crippen LogP contribution >= 0.6 is 23.2 Å². The van der Waals surface area contributed by atoms with Crippen LogP contribution in [0.5, 0.6) is 0 Å². The Morgan fingerprint density at radius 1 is 1.14 bits per heavy atom. The zero-order valence-electron chi connectivity index (χ0n) is 11.0. The molecule has 0 aliphatic carbocycles. The quantitative estimate of drug-likeness (QED) is 0.903. The summed E-state index contributed by atoms with van der Waals surface area (Å²) >= 11 is 11.9. The summed E-state index contributed by atoms with van der Waals surface area (Å²) in [5.74, 6) is -0.439. The van der Waals surface area contributed by atoms with E-state index in [1.807, 2.05) is 0 Å². The van der Waals surface area contributed by atoms with Gasteiger partial charge in [-0.05, 0) is 30.3 Å². The predicted octanol–water partition coefficient (Wildman–Crippen LogP) is 4.15. The Morgan fingerprint density at radius 3 is 2.48 bits per heavy atom. The molecule has 0 aliphatic rings. The summed E-state index contributed by atoms with van der Waals surface area (Å²) in [6.45, 7) is 0.0957. The minimum absolute atomic E-state index is 0.0957. The minimum atomic E-state index is -3.34. The third kappa shape index (κ3) is 3.87. The van der Waals surface area contributed by atoms with Crippen molar-refractivity contribution in [1.82, 2.24) is 0 Å². The van der Waals surface area contributed by atoms with Crippen LogP contribution in [0.3, 0.4) is 0 Å². The minimum Gasteiger partial charge on any atom is -0.380 e. The van der Waals surface area contributed by atoms with Crippen molar-refractivity contribution in [3.05, 3.63) is 57.8 Å². The standard InChI is InChI=1S/C14H12Cl2FNO2S/c1-21(19,20)9-5-6-12(16)14(7-9)18-8-10-11(15)3-2-4-13(10)17/h2-7,18H,8H2,1H3. The third-order valence-corrected chi connectivity index (χ3v) is 4.68. The smallest absolute Gasteiger partial charge is 0.175 e. The molecule has 2 aromatic carbocycles. The van der Waals surface area contributed by atoms with E-state index in [0.29, 0.717) is 16.3 Å². The number of hydrogen-bond donors (Lipinski definition) is 1. The van der Waals surface area contributed by atoms with Crippen LogP contribution < -0.4 is 5.32 Å². The topological polar surface area (TPSA) is 46.2 Å². The molecule has 0 saturated heterocycles. The van der Waals surface area contributed by atoms with Gasteiger partial charge in [0.2, 0.25) is 0 Å². The Labute approximate surface area is 132 Å². The van der Waals surface area contributed by atoms with Gasteiger partial charge in [-0.25, -0.2) is 12.8 Å². The lowest BCUT2D eigenvalue weighted by Crippen LogP contribution is -2.05. The van der Waals surface area contributed by atoms with Crippen molar-refractivity contribution in [1.29, 1.82) is 0 Å². The van der Waals surface area contributed by atoms with Gasteiger partial charge in [-0.1, -0.05) is 29.3 Å². The lowest BCUT2D eigenvalue weighted by Gasteiger charge is -2.11. The lowest BCUT2D eigenvalue weighted by molar-refractivity contribution is 0.601. The summed E-state index contributed by atoms with van der Waals surface area (Å²) in [7, 11) is -3.34. The van der Waals surface area contributed by atoms with Crippen LogP contribution in [-0.2, 0) is 16.4 Å². The van der Waals surface area contributed by atoms with E-state index in [-0.39, 0.29) is 16.5 Å². The van der Waals surface area contributed by atoms with Gasteiger partial charge in [0.25, 0.3) is 0 Å². The molecule has 0 aromatic heterocycles. The fraction of sp³-hybridized carbons (Fsp3) is 0.143. The van der Waals surface area contributed by atoms with Crippen molar-refractivity contribution in [3.63, 3.8) is 0 Å². The molecule has 0 aliphatic heterocycles. The molecule has 0 bridgehead atoms. The third-order valence-electron chi connectivity index (χ3n) is 2.88. The first-order chi connectivity index (χ1) is 9.79. The molecule has 21 heavy (non-hydrogen) atoms. The van der Waals surface area contributed by atoms with Crippen molar-refractivity contribution < 1.29 is 12.8 Å². The van der Waals surface area contributed by atoms with Gasteiger partial charge in [0.15, 0.2) is 9.84 Å². The largest absolute Gasteiger partial charge is 0.380 e. The molecular weight excluding hydrogens is 336 g/mol. The van der Waals surface area contributed by atoms with E-state index < -0.39 is 15.7 Å². The van der Waals surface area contributed by atoms with Gasteiger partial charge < -0.3 is 5.32 Å². The van der Waals surface area contributed by atoms with Gasteiger partial charge in [-0.2, -0.15) is 0 Å². The molecule has 0 fully saturated rings. The number of anilines is 1. The number of hydrogen-bond acceptors (Lipinski definition) is 3. The Bertz CT molecular complexity index is 758. The van der Waals surface area contributed by atoms with E-state index in [2.05, 4.69) is 5.32 Å². The van der Waals surface area contributed by atoms with Crippen LogP contribution in [0.15, 0.2) is 41.3 Å². The first-order valence-electron chi connectivity index (χ1n) is 5.95. The van der Waals surface area contributed by atoms with Crippen molar-refractivity contribution in [2.75, 3.05) is 11.6 Å². The number of halogens is 3. The molecule has 0 spiro atoms. The maximum absolute atomic E-state index is 13.7. The van der Waals surface area contributed by atoms with Crippen molar-refractivity contribution >= 4 is 38.7 Å². The van der Waals surface area contributed by atoms with Crippen LogP contribution in [0, 0.1) is 5.82 Å². The van der Waals surface area contributed by atoms with Gasteiger partial charge in [-0.3, -0.25) is 0 Å². The molecule has 7 heteroatoms. The highest BCUT2D eigenvalue weighted by molar-refractivity contribution is 7.90. The molecule has 0 atom stereocenters. The van der Waals surface area contributed by atoms with E-state index >= 15 is 0 Å². The van der Waals surface area contributed by atoms with Gasteiger partial charge in [0, 0.05) is 23.4 Å². The molecule has 0 saturated carbocycles. The van der Waals surface area contributed by atoms with Gasteiger partial charge >= 0.3 is 0 Å². The SMILES string of the molecule is CS(=O)(=O)c1ccc(Cl)c(NCc2c(F)cccc2Cl)c1. The van der Waals surface area contributed by atoms with Crippen LogP contribution in [-0.4, -0.2) is 14.7 Å². The van der Waals surface area contributed by atoms with E-state index in [4.69, 9.17) is 23.2 Å². The van der Waals surface area contributed by atoms with Crippen molar-refractivity contribution in [3.8, 4) is 0 Å². The fourth-order valence-corrected chi connectivity index (χ4v) is 2.82. The molecular formula is C14H12Cl2FNO2S. The summed E-state index contributed by atoms with van der Waals surface area (Å²) in [5, 5.41) is 3.53. The number of rotatable bonds is 4. The molecule has 1 N–H and O–H groups in total. The maximum Gasteiger partial charge on any atom is 0.175 e. The number of sulfone groups is 1. The zero-order valence-corrected chi connectivity index (χ0v) is 13.4. The summed E-state index contributed by atoms with van der Waals surface area (Å²) in [4.78, 5) is 0.133. The van der Waals surface area contributed by atoms with E-state index in [0.717, 1.165) is 6.26 Å². The Balaban J connectivity index is 2.28. The maximum atomic E-state index is 13.7. The van der Waals surface area contributed by atoms with Gasteiger partial charge in [0.1, 0.15) is 5.82 Å². The van der Waals surface area contributed by atoms with Crippen molar-refractivity contribution in [2.45, 2.75) is 11.4 Å². The van der Waals surface area contributed by atoms with Crippen LogP contribution in [0.25, 0.3) is 0 Å². The summed E-state index contributed by atoms with van der Waals surface area (Å²) < 4.78 is 36.7. The molecule has 2 rings (SSSR count). The van der Waals surface area contributed by atoms with E-state index in [1.54, 1.807) is 6.07 Å². The second-order valence-electron chi connectivity index (χ2n) is 4.47. The highest BCUT2D eigenvalue weighted by Gasteiger charge is 2.12. The first-order valence-corrected chi connectivity index (χ1v) is 8.60. The molecule has 0 heterocycles. The normalized spacial score (nSPS) is 11.4. The highest BCUT2D eigenvalue weighted by Crippen LogP contribution is 2.27. The van der Waals surface area contributed by atoms with Gasteiger partial charge in [0.05, 0.1) is 15.6 Å². The van der Waals surface area contributed by atoms with Crippen LogP contribution in [0.2, 0.25) is 10.0 Å². The van der Waals surface area contributed by atoms with Crippen molar-refractivity contribution in [2.24, 2.45) is 0 Å². The molecule has 0 unspecified atom stereocenters. The lowest BCUT2D eigenvalue weighted by atomic mass is 10.2. The highest BCUT2D eigenvalue weighted by atomic mass is 35.5. The second-order valence-corrected chi connectivity index (χ2v) is 7.30. The summed E-state index contributed by atoms with van der Waals surface area (Å²) in [5.41, 5.74) is 0.693. The molecule has 0 amide bonds. The van der Waals surface area contributed by atoms with Crippen LogP contribution in [0.1, 0.15) is 5.56 Å². The Morgan fingerprint density at radius 2 is 1.86 bits per heavy atom. The number of benzene rings is 2. The molecule has 2 aromatic rings. The van der Waals surface area contributed by atoms with Crippen LogP contribution in [0.4, 0.5) is 10.1 Å². The average molecular weight is 348 g/mol. The Hall–Kier alpha value is -1.30. The molecule has 3 nitrogen and oxygen atoms in total. The average Bonchev–Trinajstić information content (AvgIpc) is 2.38. The van der Waals surface area contributed by atoms with E-state index in [1.165, 1.54) is 30.3 Å². The first kappa shape index (κ1) is 16.1. The zero-order chi connectivity index (χ0) is 15.6. The second kappa shape index (κ2) is 6.22. The Kier molecular flexibility index (Phi) is 4.76. The monoisotopic (exact) mass is 347 g/mol. The summed E-state index contributed by atoms with van der Waals surface area (Å²) in [6, 6.07) is 8.70. The summed E-state index contributed by atoms with van der Waals surface area (Å²) in [6.07, 6.45) is 1.10. The molecule has 0 radical (unpaired) electrons. The number of nitrogens with one attached hydrogen (secondary N) is 1. The molecule has 112 valence electrons. The van der Waals surface area contributed by atoms with Gasteiger partial charge in [-0.15, -0.1) is 0 Å². The fourth-order valence-electron chi connectivity index (χ4n) is 1.76.